The van der Waals surface area contributed by atoms with Crippen LogP contribution in [0.1, 0.15) is 44.7 Å². The van der Waals surface area contributed by atoms with E-state index in [1.54, 1.807) is 12.3 Å². The maximum Gasteiger partial charge on any atom is 0.407 e. The van der Waals surface area contributed by atoms with Crippen LogP contribution in [0, 0.1) is 29.5 Å². The first-order chi connectivity index (χ1) is 17.4. The van der Waals surface area contributed by atoms with Crippen molar-refractivity contribution in [1.82, 2.24) is 15.2 Å². The van der Waals surface area contributed by atoms with Gasteiger partial charge in [0.1, 0.15) is 5.82 Å². The second-order valence-corrected chi connectivity index (χ2v) is 10.4. The summed E-state index contributed by atoms with van der Waals surface area (Å²) in [5, 5.41) is 3.03. The van der Waals surface area contributed by atoms with Crippen LogP contribution in [0.25, 0.3) is 17.2 Å². The average molecular weight is 492 g/mol. The molecule has 1 aliphatic heterocycles. The molecule has 2 saturated carbocycles. The van der Waals surface area contributed by atoms with Crippen molar-refractivity contribution in [3.63, 3.8) is 0 Å². The Kier molecular flexibility index (Phi) is 7.08. The van der Waals surface area contributed by atoms with Crippen LogP contribution in [-0.4, -0.2) is 47.6 Å². The quantitative estimate of drug-likeness (QED) is 0.616. The maximum absolute atomic E-state index is 13.6. The monoisotopic (exact) mass is 491 g/mol. The van der Waals surface area contributed by atoms with Crippen molar-refractivity contribution in [2.75, 3.05) is 13.7 Å². The van der Waals surface area contributed by atoms with E-state index in [1.807, 2.05) is 37.1 Å². The summed E-state index contributed by atoms with van der Waals surface area (Å²) in [6, 6.07) is 10.8. The van der Waals surface area contributed by atoms with E-state index < -0.39 is 0 Å². The normalized spacial score (nSPS) is 29.6. The Bertz CT molecular complexity index is 1130. The van der Waals surface area contributed by atoms with E-state index >= 15 is 0 Å². The lowest BCUT2D eigenvalue weighted by Crippen LogP contribution is -2.50. The van der Waals surface area contributed by atoms with Crippen LogP contribution in [0.2, 0.25) is 0 Å². The number of amides is 2. The molecule has 3 aliphatic rings. The van der Waals surface area contributed by atoms with Gasteiger partial charge >= 0.3 is 6.09 Å². The number of nitrogens with one attached hydrogen (secondary N) is 1. The molecular weight excluding hydrogens is 457 g/mol. The van der Waals surface area contributed by atoms with Crippen LogP contribution >= 0.6 is 0 Å². The van der Waals surface area contributed by atoms with E-state index in [-0.39, 0.29) is 35.8 Å². The number of pyridine rings is 1. The van der Waals surface area contributed by atoms with Gasteiger partial charge in [0.25, 0.3) is 0 Å². The summed E-state index contributed by atoms with van der Waals surface area (Å²) >= 11 is 0. The average Bonchev–Trinajstić information content (AvgIpc) is 3.15. The Morgan fingerprint density at radius 3 is 2.81 bits per heavy atom. The van der Waals surface area contributed by atoms with E-state index in [4.69, 9.17) is 4.74 Å². The molecule has 5 rings (SSSR count). The third-order valence-electron chi connectivity index (χ3n) is 8.40. The predicted octanol–water partition coefficient (Wildman–Crippen LogP) is 5.30. The van der Waals surface area contributed by atoms with Gasteiger partial charge in [-0.25, -0.2) is 9.18 Å². The molecule has 7 heteroatoms. The smallest absolute Gasteiger partial charge is 0.407 e. The molecule has 3 fully saturated rings. The molecule has 1 aromatic carbocycles. The van der Waals surface area contributed by atoms with Gasteiger partial charge in [-0.1, -0.05) is 24.3 Å². The number of benzene rings is 1. The van der Waals surface area contributed by atoms with Crippen molar-refractivity contribution in [3.8, 4) is 11.1 Å². The van der Waals surface area contributed by atoms with Crippen molar-refractivity contribution in [1.29, 1.82) is 0 Å². The topological polar surface area (TPSA) is 71.5 Å². The lowest BCUT2D eigenvalue weighted by atomic mass is 9.59. The number of ether oxygens (including phenoxy) is 1. The number of aromatic nitrogens is 1. The number of nitrogens with zero attached hydrogens (tertiary/aromatic N) is 2. The summed E-state index contributed by atoms with van der Waals surface area (Å²) < 4.78 is 18.7. The minimum Gasteiger partial charge on any atom is -0.450 e. The molecule has 2 heterocycles. The largest absolute Gasteiger partial charge is 0.450 e. The van der Waals surface area contributed by atoms with Gasteiger partial charge in [-0.2, -0.15) is 0 Å². The zero-order chi connectivity index (χ0) is 25.2. The van der Waals surface area contributed by atoms with Gasteiger partial charge in [0, 0.05) is 37.3 Å². The molecule has 2 aromatic rings. The van der Waals surface area contributed by atoms with Crippen LogP contribution < -0.4 is 5.32 Å². The Balaban J connectivity index is 1.33. The first-order valence-electron chi connectivity index (χ1n) is 13.0. The Morgan fingerprint density at radius 1 is 1.19 bits per heavy atom. The van der Waals surface area contributed by atoms with E-state index in [2.05, 4.69) is 22.5 Å². The second-order valence-electron chi connectivity index (χ2n) is 10.4. The second kappa shape index (κ2) is 10.4. The number of allylic oxidation sites excluding steroid dienone is 1. The van der Waals surface area contributed by atoms with Gasteiger partial charge in [0.15, 0.2) is 0 Å². The first kappa shape index (κ1) is 24.5. The molecule has 1 aromatic heterocycles. The summed E-state index contributed by atoms with van der Waals surface area (Å²) in [5.41, 5.74) is 2.53. The Morgan fingerprint density at radius 2 is 2.06 bits per heavy atom. The van der Waals surface area contributed by atoms with Crippen LogP contribution in [0.3, 0.4) is 0 Å². The molecule has 1 saturated heterocycles. The number of rotatable bonds is 5. The molecular formula is C29H34FN3O3. The van der Waals surface area contributed by atoms with E-state index in [0.717, 1.165) is 42.5 Å². The lowest BCUT2D eigenvalue weighted by Gasteiger charge is -2.49. The number of likely N-dealkylation sites (tertiary alicyclic amines) is 1. The maximum atomic E-state index is 13.6. The van der Waals surface area contributed by atoms with Gasteiger partial charge < -0.3 is 15.0 Å². The third kappa shape index (κ3) is 5.01. The van der Waals surface area contributed by atoms with E-state index in [0.29, 0.717) is 30.8 Å². The van der Waals surface area contributed by atoms with Gasteiger partial charge in [0.05, 0.1) is 12.3 Å². The standard InChI is InChI=1S/C29H34FN3O3/c1-3-36-29(35)32-23-10-11-24-20(14-23)15-27-26(16-28(34)33(27)2)25(24)12-9-22-8-7-19(17-31-22)18-5-4-6-21(30)13-18/h4-9,12-13,17,20,23-27H,3,10-11,14-16H2,1-2H3,(H,32,35)/t20-,23+,24+,25-,26+,27-/m0/s1. The fraction of sp³-hybridized carbons (Fsp3) is 0.483. The molecule has 6 nitrogen and oxygen atoms in total. The number of halogens is 1. The summed E-state index contributed by atoms with van der Waals surface area (Å²) in [5.74, 6) is 1.48. The van der Waals surface area contributed by atoms with Crippen molar-refractivity contribution < 1.29 is 18.7 Å². The number of hydrogen-bond acceptors (Lipinski definition) is 4. The van der Waals surface area contributed by atoms with Crippen molar-refractivity contribution in [2.45, 2.75) is 51.1 Å². The number of carbonyl (C=O) groups is 2. The van der Waals surface area contributed by atoms with Gasteiger partial charge in [-0.05, 0) is 86.1 Å². The fourth-order valence-electron chi connectivity index (χ4n) is 6.68. The molecule has 0 radical (unpaired) electrons. The highest BCUT2D eigenvalue weighted by atomic mass is 19.1. The minimum absolute atomic E-state index is 0.117. The molecule has 36 heavy (non-hydrogen) atoms. The summed E-state index contributed by atoms with van der Waals surface area (Å²) in [6.07, 6.45) is 10.2. The highest BCUT2D eigenvalue weighted by Crippen LogP contribution is 2.51. The van der Waals surface area contributed by atoms with Gasteiger partial charge in [-0.3, -0.25) is 9.78 Å². The number of carbonyl (C=O) groups excluding carboxylic acids is 2. The molecule has 0 unspecified atom stereocenters. The number of fused-ring (bicyclic) bond motifs is 2. The first-order valence-corrected chi connectivity index (χ1v) is 13.0. The number of alkyl carbamates (subject to hydrolysis) is 1. The molecule has 0 bridgehead atoms. The SMILES string of the molecule is CCOC(=O)N[C@@H]1CC[C@@H]2[C@@H](C1)C[C@H]1[C@H](CC(=O)N1C)[C@H]2C=Cc1ccc(-c2cccc(F)c2)cn1. The van der Waals surface area contributed by atoms with Gasteiger partial charge in [0.2, 0.25) is 5.91 Å². The van der Waals surface area contributed by atoms with E-state index in [1.165, 1.54) is 12.1 Å². The van der Waals surface area contributed by atoms with Crippen molar-refractivity contribution in [2.24, 2.45) is 23.7 Å². The summed E-state index contributed by atoms with van der Waals surface area (Å²) in [7, 11) is 1.93. The van der Waals surface area contributed by atoms with Gasteiger partial charge in [-0.15, -0.1) is 0 Å². The lowest BCUT2D eigenvalue weighted by molar-refractivity contribution is -0.127. The van der Waals surface area contributed by atoms with Crippen LogP contribution in [-0.2, 0) is 9.53 Å². The number of hydrogen-bond donors (Lipinski definition) is 1. The zero-order valence-corrected chi connectivity index (χ0v) is 20.9. The van der Waals surface area contributed by atoms with Crippen LogP contribution in [0.4, 0.5) is 9.18 Å². The highest BCUT2D eigenvalue weighted by Gasteiger charge is 2.51. The molecule has 2 aliphatic carbocycles. The summed E-state index contributed by atoms with van der Waals surface area (Å²) in [6.45, 7) is 2.18. The van der Waals surface area contributed by atoms with Crippen molar-refractivity contribution in [3.05, 3.63) is 60.2 Å². The molecule has 2 amide bonds. The summed E-state index contributed by atoms with van der Waals surface area (Å²) in [4.78, 5) is 31.2. The molecule has 190 valence electrons. The van der Waals surface area contributed by atoms with Crippen LogP contribution in [0.5, 0.6) is 0 Å². The predicted molar refractivity (Wildman–Crippen MR) is 136 cm³/mol. The molecule has 6 atom stereocenters. The van der Waals surface area contributed by atoms with E-state index in [9.17, 15) is 14.0 Å². The molecule has 0 spiro atoms. The molecule has 1 N–H and O–H groups in total. The highest BCUT2D eigenvalue weighted by molar-refractivity contribution is 5.79. The Hall–Kier alpha value is -3.22. The zero-order valence-electron chi connectivity index (χ0n) is 20.9. The fourth-order valence-corrected chi connectivity index (χ4v) is 6.68. The van der Waals surface area contributed by atoms with Crippen LogP contribution in [0.15, 0.2) is 48.7 Å². The third-order valence-corrected chi connectivity index (χ3v) is 8.40. The van der Waals surface area contributed by atoms with Crippen molar-refractivity contribution >= 4 is 18.1 Å². The Labute approximate surface area is 211 Å². The minimum atomic E-state index is -0.341.